The number of benzene rings is 1. The first kappa shape index (κ1) is 15.3. The molecule has 0 spiro atoms. The molecule has 1 unspecified atom stereocenters. The summed E-state index contributed by atoms with van der Waals surface area (Å²) in [6.07, 6.45) is 1.58. The number of carbonyl (C=O) groups excluding carboxylic acids is 1. The molecule has 0 aromatic heterocycles. The molecule has 1 saturated carbocycles. The second-order valence-corrected chi connectivity index (χ2v) is 5.36. The van der Waals surface area contributed by atoms with Gasteiger partial charge in [0.1, 0.15) is 5.54 Å². The van der Waals surface area contributed by atoms with Gasteiger partial charge in [-0.15, -0.1) is 0 Å². The van der Waals surface area contributed by atoms with Crippen molar-refractivity contribution in [1.29, 1.82) is 0 Å². The Balaban J connectivity index is 1.82. The Morgan fingerprint density at radius 2 is 2.10 bits per heavy atom. The molecule has 1 amide bonds. The van der Waals surface area contributed by atoms with Gasteiger partial charge in [0.25, 0.3) is 0 Å². The molecule has 114 valence electrons. The summed E-state index contributed by atoms with van der Waals surface area (Å²) >= 11 is 0. The average Bonchev–Trinajstić information content (AvgIpc) is 3.25. The number of para-hydroxylation sites is 1. The van der Waals surface area contributed by atoms with Crippen molar-refractivity contribution in [1.82, 2.24) is 5.32 Å². The fourth-order valence-corrected chi connectivity index (χ4v) is 2.16. The van der Waals surface area contributed by atoms with Crippen LogP contribution in [0.3, 0.4) is 0 Å². The highest BCUT2D eigenvalue weighted by molar-refractivity contribution is 5.87. The number of carboxylic acid groups (broad SMARTS) is 1. The van der Waals surface area contributed by atoms with Crippen LogP contribution in [-0.4, -0.2) is 29.1 Å². The summed E-state index contributed by atoms with van der Waals surface area (Å²) < 4.78 is 18.5. The van der Waals surface area contributed by atoms with E-state index >= 15 is 0 Å². The van der Waals surface area contributed by atoms with Gasteiger partial charge in [-0.1, -0.05) is 12.1 Å². The Morgan fingerprint density at radius 1 is 1.43 bits per heavy atom. The lowest BCUT2D eigenvalue weighted by molar-refractivity contribution is -0.148. The van der Waals surface area contributed by atoms with Crippen LogP contribution in [0.25, 0.3) is 0 Å². The maximum atomic E-state index is 13.3. The molecule has 0 bridgehead atoms. The van der Waals surface area contributed by atoms with Crippen molar-refractivity contribution >= 4 is 11.9 Å². The van der Waals surface area contributed by atoms with Crippen molar-refractivity contribution in [2.45, 2.75) is 31.7 Å². The molecule has 1 aliphatic carbocycles. The molecule has 1 aromatic rings. The molecule has 2 N–H and O–H groups in total. The van der Waals surface area contributed by atoms with Crippen LogP contribution in [0.1, 0.15) is 26.2 Å². The van der Waals surface area contributed by atoms with E-state index in [2.05, 4.69) is 5.32 Å². The zero-order valence-electron chi connectivity index (χ0n) is 11.8. The van der Waals surface area contributed by atoms with Gasteiger partial charge < -0.3 is 15.2 Å². The summed E-state index contributed by atoms with van der Waals surface area (Å²) in [7, 11) is 0. The van der Waals surface area contributed by atoms with Gasteiger partial charge in [-0.25, -0.2) is 9.18 Å². The van der Waals surface area contributed by atoms with E-state index in [1.165, 1.54) is 19.1 Å². The highest BCUT2D eigenvalue weighted by Crippen LogP contribution is 2.39. The molecule has 5 nitrogen and oxygen atoms in total. The summed E-state index contributed by atoms with van der Waals surface area (Å²) in [6, 6.07) is 5.92. The molecule has 6 heteroatoms. The number of hydrogen-bond acceptors (Lipinski definition) is 3. The molecular formula is C15H18FNO4. The minimum Gasteiger partial charge on any atom is -0.490 e. The summed E-state index contributed by atoms with van der Waals surface area (Å²) in [6.45, 7) is 1.51. The summed E-state index contributed by atoms with van der Waals surface area (Å²) in [4.78, 5) is 23.1. The molecule has 2 rings (SSSR count). The first-order valence-electron chi connectivity index (χ1n) is 6.85. The first-order valence-corrected chi connectivity index (χ1v) is 6.85. The third kappa shape index (κ3) is 3.71. The maximum absolute atomic E-state index is 13.3. The minimum atomic E-state index is -1.23. The first-order chi connectivity index (χ1) is 9.93. The van der Waals surface area contributed by atoms with E-state index in [1.807, 2.05) is 0 Å². The van der Waals surface area contributed by atoms with E-state index in [9.17, 15) is 19.1 Å². The Morgan fingerprint density at radius 3 is 2.67 bits per heavy atom. The zero-order valence-corrected chi connectivity index (χ0v) is 11.8. The Kier molecular flexibility index (Phi) is 4.45. The predicted octanol–water partition coefficient (Wildman–Crippen LogP) is 1.96. The molecular weight excluding hydrogens is 277 g/mol. The fourth-order valence-electron chi connectivity index (χ4n) is 2.16. The molecule has 0 radical (unpaired) electrons. The standard InChI is InChI=1S/C15H18FNO4/c1-15(14(19)20,10-6-7-10)17-13(18)8-9-21-12-5-3-2-4-11(12)16/h2-5,10H,6-9H2,1H3,(H,17,18)(H,19,20). The average molecular weight is 295 g/mol. The zero-order chi connectivity index (χ0) is 15.5. The topological polar surface area (TPSA) is 75.6 Å². The van der Waals surface area contributed by atoms with E-state index in [0.29, 0.717) is 0 Å². The van der Waals surface area contributed by atoms with Gasteiger partial charge in [0, 0.05) is 0 Å². The van der Waals surface area contributed by atoms with Crippen molar-refractivity contribution in [2.24, 2.45) is 5.92 Å². The number of ether oxygens (including phenoxy) is 1. The normalized spacial score (nSPS) is 16.9. The molecule has 1 aliphatic rings. The van der Waals surface area contributed by atoms with Gasteiger partial charge in [-0.05, 0) is 37.8 Å². The van der Waals surface area contributed by atoms with Gasteiger partial charge >= 0.3 is 5.97 Å². The number of halogens is 1. The summed E-state index contributed by atoms with van der Waals surface area (Å²) in [5.41, 5.74) is -1.23. The van der Waals surface area contributed by atoms with Gasteiger partial charge in [-0.3, -0.25) is 4.79 Å². The number of rotatable bonds is 7. The van der Waals surface area contributed by atoms with Crippen molar-refractivity contribution < 1.29 is 23.8 Å². The van der Waals surface area contributed by atoms with Crippen molar-refractivity contribution in [2.75, 3.05) is 6.61 Å². The Bertz CT molecular complexity index is 544. The predicted molar refractivity (Wildman–Crippen MR) is 73.4 cm³/mol. The van der Waals surface area contributed by atoms with Crippen LogP contribution in [0, 0.1) is 11.7 Å². The van der Waals surface area contributed by atoms with Crippen molar-refractivity contribution in [3.8, 4) is 5.75 Å². The SMILES string of the molecule is CC(NC(=O)CCOc1ccccc1F)(C(=O)O)C1CC1. The Labute approximate surface area is 122 Å². The van der Waals surface area contributed by atoms with E-state index in [-0.39, 0.29) is 24.7 Å². The van der Waals surface area contributed by atoms with Crippen LogP contribution < -0.4 is 10.1 Å². The van der Waals surface area contributed by atoms with Crippen LogP contribution in [-0.2, 0) is 9.59 Å². The van der Waals surface area contributed by atoms with Crippen LogP contribution in [0.2, 0.25) is 0 Å². The molecule has 1 aromatic carbocycles. The number of aliphatic carboxylic acids is 1. The molecule has 0 aliphatic heterocycles. The van der Waals surface area contributed by atoms with E-state index < -0.39 is 23.2 Å². The minimum absolute atomic E-state index is 0.00681. The van der Waals surface area contributed by atoms with Crippen LogP contribution in [0.4, 0.5) is 4.39 Å². The van der Waals surface area contributed by atoms with Gasteiger partial charge in [0.15, 0.2) is 11.6 Å². The molecule has 1 fully saturated rings. The number of amides is 1. The van der Waals surface area contributed by atoms with E-state index in [0.717, 1.165) is 12.8 Å². The second-order valence-electron chi connectivity index (χ2n) is 5.36. The van der Waals surface area contributed by atoms with E-state index in [4.69, 9.17) is 4.74 Å². The third-order valence-corrected chi connectivity index (χ3v) is 3.66. The maximum Gasteiger partial charge on any atom is 0.329 e. The van der Waals surface area contributed by atoms with Crippen LogP contribution in [0.5, 0.6) is 5.75 Å². The van der Waals surface area contributed by atoms with Gasteiger partial charge in [0.05, 0.1) is 13.0 Å². The lowest BCUT2D eigenvalue weighted by Crippen LogP contribution is -2.54. The van der Waals surface area contributed by atoms with Gasteiger partial charge in [0.2, 0.25) is 5.91 Å². The highest BCUT2D eigenvalue weighted by Gasteiger charge is 2.48. The summed E-state index contributed by atoms with van der Waals surface area (Å²) in [5, 5.41) is 11.8. The van der Waals surface area contributed by atoms with Crippen LogP contribution >= 0.6 is 0 Å². The fraction of sp³-hybridized carbons (Fsp3) is 0.467. The summed E-state index contributed by atoms with van der Waals surface area (Å²) in [5.74, 6) is -1.89. The van der Waals surface area contributed by atoms with Gasteiger partial charge in [-0.2, -0.15) is 0 Å². The second kappa shape index (κ2) is 6.11. The third-order valence-electron chi connectivity index (χ3n) is 3.66. The number of nitrogens with one attached hydrogen (secondary N) is 1. The quantitative estimate of drug-likeness (QED) is 0.806. The molecule has 0 saturated heterocycles. The number of carboxylic acids is 1. The monoisotopic (exact) mass is 295 g/mol. The smallest absolute Gasteiger partial charge is 0.329 e. The Hall–Kier alpha value is -2.11. The number of hydrogen-bond donors (Lipinski definition) is 2. The van der Waals surface area contributed by atoms with Crippen LogP contribution in [0.15, 0.2) is 24.3 Å². The lowest BCUT2D eigenvalue weighted by atomic mass is 9.96. The number of carbonyl (C=O) groups is 2. The highest BCUT2D eigenvalue weighted by atomic mass is 19.1. The lowest BCUT2D eigenvalue weighted by Gasteiger charge is -2.26. The van der Waals surface area contributed by atoms with E-state index in [1.54, 1.807) is 12.1 Å². The largest absolute Gasteiger partial charge is 0.490 e. The van der Waals surface area contributed by atoms with Crippen molar-refractivity contribution in [3.05, 3.63) is 30.1 Å². The molecule has 1 atom stereocenters. The molecule has 0 heterocycles. The molecule has 21 heavy (non-hydrogen) atoms. The van der Waals surface area contributed by atoms with Crippen molar-refractivity contribution in [3.63, 3.8) is 0 Å².